The molecule has 0 aromatic carbocycles. The SMILES string of the molecule is CC(C)C(CCNC(=O)C1CCCCC1)CCC(=O)O. The highest BCUT2D eigenvalue weighted by atomic mass is 16.4. The minimum Gasteiger partial charge on any atom is -0.481 e. The fraction of sp³-hybridized carbons (Fsp3) is 0.875. The number of amides is 1. The van der Waals surface area contributed by atoms with E-state index in [4.69, 9.17) is 5.11 Å². The molecule has 0 aliphatic heterocycles. The molecule has 116 valence electrons. The second-order valence-electron chi connectivity index (χ2n) is 6.35. The number of carboxylic acids is 1. The maximum absolute atomic E-state index is 12.0. The van der Waals surface area contributed by atoms with E-state index in [-0.39, 0.29) is 18.2 Å². The standard InChI is InChI=1S/C16H29NO3/c1-12(2)13(8-9-15(18)19)10-11-17-16(20)14-6-4-3-5-7-14/h12-14H,3-11H2,1-2H3,(H,17,20)(H,18,19). The molecule has 0 aromatic rings. The van der Waals surface area contributed by atoms with E-state index < -0.39 is 5.97 Å². The lowest BCUT2D eigenvalue weighted by Crippen LogP contribution is -2.33. The van der Waals surface area contributed by atoms with Crippen molar-refractivity contribution in [3.63, 3.8) is 0 Å². The van der Waals surface area contributed by atoms with Crippen LogP contribution < -0.4 is 5.32 Å². The molecule has 2 N–H and O–H groups in total. The summed E-state index contributed by atoms with van der Waals surface area (Å²) >= 11 is 0. The molecule has 0 spiro atoms. The molecule has 0 bridgehead atoms. The Hall–Kier alpha value is -1.06. The molecule has 1 rings (SSSR count). The first-order valence-electron chi connectivity index (χ1n) is 8.00. The van der Waals surface area contributed by atoms with Crippen molar-refractivity contribution < 1.29 is 14.7 Å². The Labute approximate surface area is 122 Å². The van der Waals surface area contributed by atoms with Gasteiger partial charge in [0.2, 0.25) is 5.91 Å². The Balaban J connectivity index is 2.25. The maximum Gasteiger partial charge on any atom is 0.303 e. The summed E-state index contributed by atoms with van der Waals surface area (Å²) in [4.78, 5) is 22.7. The lowest BCUT2D eigenvalue weighted by Gasteiger charge is -2.23. The summed E-state index contributed by atoms with van der Waals surface area (Å²) in [6, 6.07) is 0. The average molecular weight is 283 g/mol. The van der Waals surface area contributed by atoms with Crippen LogP contribution in [0, 0.1) is 17.8 Å². The first kappa shape index (κ1) is 17.0. The van der Waals surface area contributed by atoms with Gasteiger partial charge in [-0.15, -0.1) is 0 Å². The quantitative estimate of drug-likeness (QED) is 0.719. The summed E-state index contributed by atoms with van der Waals surface area (Å²) in [6.07, 6.45) is 7.46. The van der Waals surface area contributed by atoms with Gasteiger partial charge in [-0.05, 0) is 37.5 Å². The summed E-state index contributed by atoms with van der Waals surface area (Å²) in [7, 11) is 0. The van der Waals surface area contributed by atoms with Crippen molar-refractivity contribution >= 4 is 11.9 Å². The molecule has 1 saturated carbocycles. The molecule has 0 aromatic heterocycles. The van der Waals surface area contributed by atoms with Crippen LogP contribution in [0.1, 0.15) is 65.2 Å². The van der Waals surface area contributed by atoms with Crippen LogP contribution in [0.5, 0.6) is 0 Å². The van der Waals surface area contributed by atoms with Gasteiger partial charge in [-0.3, -0.25) is 9.59 Å². The zero-order valence-electron chi connectivity index (χ0n) is 12.9. The third-order valence-electron chi connectivity index (χ3n) is 4.46. The van der Waals surface area contributed by atoms with E-state index in [9.17, 15) is 9.59 Å². The Kier molecular flexibility index (Phi) is 7.63. The van der Waals surface area contributed by atoms with Gasteiger partial charge in [0, 0.05) is 18.9 Å². The average Bonchev–Trinajstić information content (AvgIpc) is 2.42. The van der Waals surface area contributed by atoms with E-state index in [0.29, 0.717) is 24.8 Å². The molecular formula is C16H29NO3. The molecular weight excluding hydrogens is 254 g/mol. The van der Waals surface area contributed by atoms with Crippen molar-refractivity contribution in [2.45, 2.75) is 65.2 Å². The minimum atomic E-state index is -0.734. The summed E-state index contributed by atoms with van der Waals surface area (Å²) in [5.74, 6) is 0.506. The van der Waals surface area contributed by atoms with Crippen LogP contribution in [0.2, 0.25) is 0 Å². The Morgan fingerprint density at radius 3 is 2.35 bits per heavy atom. The van der Waals surface area contributed by atoms with E-state index >= 15 is 0 Å². The molecule has 4 heteroatoms. The number of hydrogen-bond acceptors (Lipinski definition) is 2. The fourth-order valence-corrected chi connectivity index (χ4v) is 3.01. The van der Waals surface area contributed by atoms with Crippen LogP contribution in [0.25, 0.3) is 0 Å². The first-order chi connectivity index (χ1) is 9.50. The van der Waals surface area contributed by atoms with Gasteiger partial charge in [0.25, 0.3) is 0 Å². The molecule has 20 heavy (non-hydrogen) atoms. The summed E-state index contributed by atoms with van der Waals surface area (Å²) < 4.78 is 0. The predicted molar refractivity (Wildman–Crippen MR) is 79.4 cm³/mol. The summed E-state index contributed by atoms with van der Waals surface area (Å²) in [6.45, 7) is 4.92. The topological polar surface area (TPSA) is 66.4 Å². The van der Waals surface area contributed by atoms with Crippen LogP contribution in [-0.2, 0) is 9.59 Å². The fourth-order valence-electron chi connectivity index (χ4n) is 3.01. The van der Waals surface area contributed by atoms with Gasteiger partial charge in [-0.25, -0.2) is 0 Å². The summed E-state index contributed by atoms with van der Waals surface area (Å²) in [5, 5.41) is 11.8. The second-order valence-corrected chi connectivity index (χ2v) is 6.35. The minimum absolute atomic E-state index is 0.199. The smallest absolute Gasteiger partial charge is 0.303 e. The monoisotopic (exact) mass is 283 g/mol. The largest absolute Gasteiger partial charge is 0.481 e. The molecule has 1 aliphatic carbocycles. The molecule has 4 nitrogen and oxygen atoms in total. The number of nitrogens with one attached hydrogen (secondary N) is 1. The zero-order valence-corrected chi connectivity index (χ0v) is 12.9. The Bertz CT molecular complexity index is 309. The van der Waals surface area contributed by atoms with Crippen LogP contribution in [0.4, 0.5) is 0 Å². The van der Waals surface area contributed by atoms with Crippen molar-refractivity contribution in [1.29, 1.82) is 0 Å². The van der Waals surface area contributed by atoms with E-state index in [0.717, 1.165) is 19.3 Å². The number of aliphatic carboxylic acids is 1. The van der Waals surface area contributed by atoms with Gasteiger partial charge in [0.1, 0.15) is 0 Å². The maximum atomic E-state index is 12.0. The van der Waals surface area contributed by atoms with Crippen molar-refractivity contribution in [3.05, 3.63) is 0 Å². The number of hydrogen-bond donors (Lipinski definition) is 2. The first-order valence-corrected chi connectivity index (χ1v) is 8.00. The number of carboxylic acid groups (broad SMARTS) is 1. The Morgan fingerprint density at radius 2 is 1.80 bits per heavy atom. The lowest BCUT2D eigenvalue weighted by atomic mass is 9.87. The number of carbonyl (C=O) groups excluding carboxylic acids is 1. The van der Waals surface area contributed by atoms with Gasteiger partial charge in [-0.1, -0.05) is 33.1 Å². The van der Waals surface area contributed by atoms with Crippen molar-refractivity contribution in [2.75, 3.05) is 6.54 Å². The van der Waals surface area contributed by atoms with Crippen molar-refractivity contribution in [1.82, 2.24) is 5.32 Å². The zero-order chi connectivity index (χ0) is 15.0. The van der Waals surface area contributed by atoms with Gasteiger partial charge < -0.3 is 10.4 Å². The molecule has 1 unspecified atom stereocenters. The van der Waals surface area contributed by atoms with Gasteiger partial charge in [0.15, 0.2) is 0 Å². The van der Waals surface area contributed by atoms with Gasteiger partial charge in [0.05, 0.1) is 0 Å². The van der Waals surface area contributed by atoms with Crippen molar-refractivity contribution in [2.24, 2.45) is 17.8 Å². The Morgan fingerprint density at radius 1 is 1.15 bits per heavy atom. The highest BCUT2D eigenvalue weighted by molar-refractivity contribution is 5.78. The van der Waals surface area contributed by atoms with Crippen LogP contribution in [0.15, 0.2) is 0 Å². The van der Waals surface area contributed by atoms with E-state index in [1.807, 2.05) is 0 Å². The third kappa shape index (κ3) is 6.40. The predicted octanol–water partition coefficient (Wildman–Crippen LogP) is 3.21. The van der Waals surface area contributed by atoms with E-state index in [2.05, 4.69) is 19.2 Å². The second kappa shape index (κ2) is 8.98. The lowest BCUT2D eigenvalue weighted by molar-refractivity contribution is -0.137. The van der Waals surface area contributed by atoms with Crippen LogP contribution in [0.3, 0.4) is 0 Å². The molecule has 0 heterocycles. The highest BCUT2D eigenvalue weighted by Crippen LogP contribution is 2.24. The summed E-state index contributed by atoms with van der Waals surface area (Å²) in [5.41, 5.74) is 0. The molecule has 0 saturated heterocycles. The number of carbonyl (C=O) groups is 2. The van der Waals surface area contributed by atoms with E-state index in [1.54, 1.807) is 0 Å². The van der Waals surface area contributed by atoms with E-state index in [1.165, 1.54) is 19.3 Å². The van der Waals surface area contributed by atoms with Crippen LogP contribution >= 0.6 is 0 Å². The van der Waals surface area contributed by atoms with Gasteiger partial charge >= 0.3 is 5.97 Å². The molecule has 1 aliphatic rings. The van der Waals surface area contributed by atoms with Crippen molar-refractivity contribution in [3.8, 4) is 0 Å². The van der Waals surface area contributed by atoms with Gasteiger partial charge in [-0.2, -0.15) is 0 Å². The molecule has 1 atom stereocenters. The normalized spacial score (nSPS) is 17.9. The molecule has 0 radical (unpaired) electrons. The number of rotatable bonds is 8. The molecule has 1 fully saturated rings. The highest BCUT2D eigenvalue weighted by Gasteiger charge is 2.21. The van der Waals surface area contributed by atoms with Crippen LogP contribution in [-0.4, -0.2) is 23.5 Å². The third-order valence-corrected chi connectivity index (χ3v) is 4.46. The molecule has 1 amide bonds.